The summed E-state index contributed by atoms with van der Waals surface area (Å²) in [4.78, 5) is 0. The Kier molecular flexibility index (Phi) is 4.97. The van der Waals surface area contributed by atoms with Crippen molar-refractivity contribution in [1.29, 1.82) is 0 Å². The van der Waals surface area contributed by atoms with Crippen molar-refractivity contribution in [2.24, 2.45) is 0 Å². The fourth-order valence-electron chi connectivity index (χ4n) is 1.46. The predicted octanol–water partition coefficient (Wildman–Crippen LogP) is 1.68. The molecule has 114 valence electrons. The van der Waals surface area contributed by atoms with E-state index in [1.165, 1.54) is 11.3 Å². The monoisotopic (exact) mass is 329 g/mol. The second-order valence-electron chi connectivity index (χ2n) is 4.07. The third-order valence-electron chi connectivity index (χ3n) is 2.45. The van der Waals surface area contributed by atoms with Gasteiger partial charge in [0.2, 0.25) is 15.2 Å². The summed E-state index contributed by atoms with van der Waals surface area (Å²) in [5.74, 6) is 1.12. The van der Waals surface area contributed by atoms with Gasteiger partial charge in [0.15, 0.2) is 0 Å². The minimum absolute atomic E-state index is 0.0411. The van der Waals surface area contributed by atoms with Gasteiger partial charge in [-0.05, 0) is 31.2 Å². The van der Waals surface area contributed by atoms with Gasteiger partial charge in [-0.15, -0.1) is 10.2 Å². The van der Waals surface area contributed by atoms with Crippen LogP contribution < -0.4 is 14.2 Å². The van der Waals surface area contributed by atoms with Crippen molar-refractivity contribution in [2.45, 2.75) is 6.92 Å². The molecule has 0 saturated heterocycles. The van der Waals surface area contributed by atoms with Gasteiger partial charge in [0.05, 0.1) is 7.11 Å². The summed E-state index contributed by atoms with van der Waals surface area (Å²) in [5.41, 5.74) is 0. The molecule has 1 heterocycles. The lowest BCUT2D eigenvalue weighted by Gasteiger charge is -2.08. The molecule has 0 atom stereocenters. The quantitative estimate of drug-likeness (QED) is 0.831. The second kappa shape index (κ2) is 6.72. The fourth-order valence-corrected chi connectivity index (χ4v) is 3.17. The second-order valence-corrected chi connectivity index (χ2v) is 7.09. The van der Waals surface area contributed by atoms with E-state index in [4.69, 9.17) is 9.47 Å². The first kappa shape index (κ1) is 15.5. The Morgan fingerprint density at radius 2 is 1.86 bits per heavy atom. The summed E-state index contributed by atoms with van der Waals surface area (Å²) >= 11 is 1.18. The van der Waals surface area contributed by atoms with Crippen LogP contribution in [0.1, 0.15) is 5.01 Å². The van der Waals surface area contributed by atoms with Crippen molar-refractivity contribution < 1.29 is 17.9 Å². The van der Waals surface area contributed by atoms with E-state index < -0.39 is 10.0 Å². The van der Waals surface area contributed by atoms with E-state index in [9.17, 15) is 8.42 Å². The highest BCUT2D eigenvalue weighted by molar-refractivity contribution is 7.92. The normalized spacial score (nSPS) is 11.1. The highest BCUT2D eigenvalue weighted by Gasteiger charge is 2.13. The minimum Gasteiger partial charge on any atom is -0.497 e. The van der Waals surface area contributed by atoms with Gasteiger partial charge < -0.3 is 9.47 Å². The third kappa shape index (κ3) is 4.87. The van der Waals surface area contributed by atoms with Crippen LogP contribution in [0.2, 0.25) is 0 Å². The lowest BCUT2D eigenvalue weighted by molar-refractivity contribution is 0.340. The number of hydrogen-bond acceptors (Lipinski definition) is 7. The van der Waals surface area contributed by atoms with E-state index in [0.29, 0.717) is 16.5 Å². The molecule has 1 aromatic heterocycles. The van der Waals surface area contributed by atoms with E-state index in [1.807, 2.05) is 0 Å². The van der Waals surface area contributed by atoms with Crippen molar-refractivity contribution in [3.8, 4) is 11.5 Å². The van der Waals surface area contributed by atoms with E-state index in [2.05, 4.69) is 14.9 Å². The number of hydrogen-bond donors (Lipinski definition) is 1. The minimum atomic E-state index is -3.50. The molecule has 0 fully saturated rings. The zero-order valence-corrected chi connectivity index (χ0v) is 13.2. The van der Waals surface area contributed by atoms with Gasteiger partial charge in [0.25, 0.3) is 0 Å². The fraction of sp³-hybridized carbons (Fsp3) is 0.333. The van der Waals surface area contributed by atoms with Crippen LogP contribution in [-0.4, -0.2) is 38.1 Å². The predicted molar refractivity (Wildman–Crippen MR) is 80.5 cm³/mol. The SMILES string of the molecule is COc1ccc(OCCS(=O)(=O)Nc2nnc(C)s2)cc1. The van der Waals surface area contributed by atoms with Crippen molar-refractivity contribution in [1.82, 2.24) is 10.2 Å². The standard InChI is InChI=1S/C12H15N3O4S2/c1-9-13-14-12(20-9)15-21(16,17)8-7-19-11-5-3-10(18-2)4-6-11/h3-6H,7-8H2,1-2H3,(H,14,15). The molecule has 2 rings (SSSR count). The van der Waals surface area contributed by atoms with Crippen LogP contribution in [0.25, 0.3) is 0 Å². The van der Waals surface area contributed by atoms with Crippen molar-refractivity contribution in [2.75, 3.05) is 24.2 Å². The largest absolute Gasteiger partial charge is 0.497 e. The van der Waals surface area contributed by atoms with Gasteiger partial charge in [0.1, 0.15) is 28.9 Å². The van der Waals surface area contributed by atoms with E-state index in [-0.39, 0.29) is 17.5 Å². The molecule has 0 aliphatic rings. The molecule has 0 saturated carbocycles. The summed E-state index contributed by atoms with van der Waals surface area (Å²) in [5, 5.41) is 8.41. The van der Waals surface area contributed by atoms with Crippen LogP contribution in [0, 0.1) is 6.92 Å². The number of sulfonamides is 1. The molecule has 2 aromatic rings. The Labute approximate surface area is 127 Å². The van der Waals surface area contributed by atoms with E-state index in [0.717, 1.165) is 0 Å². The highest BCUT2D eigenvalue weighted by Crippen LogP contribution is 2.18. The lowest BCUT2D eigenvalue weighted by Crippen LogP contribution is -2.21. The first-order valence-electron chi connectivity index (χ1n) is 6.06. The summed E-state index contributed by atoms with van der Waals surface area (Å²) in [7, 11) is -1.92. The molecule has 9 heteroatoms. The maximum atomic E-state index is 11.8. The van der Waals surface area contributed by atoms with Gasteiger partial charge >= 0.3 is 0 Å². The number of ether oxygens (including phenoxy) is 2. The summed E-state index contributed by atoms with van der Waals surface area (Å²) in [6.07, 6.45) is 0. The average Bonchev–Trinajstić information content (AvgIpc) is 2.84. The summed E-state index contributed by atoms with van der Waals surface area (Å²) in [6, 6.07) is 6.91. The van der Waals surface area contributed by atoms with Crippen LogP contribution in [0.15, 0.2) is 24.3 Å². The Bertz CT molecular complexity index is 683. The summed E-state index contributed by atoms with van der Waals surface area (Å²) in [6.45, 7) is 1.79. The number of benzene rings is 1. The first-order valence-corrected chi connectivity index (χ1v) is 8.53. The van der Waals surface area contributed by atoms with Gasteiger partial charge in [0, 0.05) is 0 Å². The topological polar surface area (TPSA) is 90.4 Å². The first-order chi connectivity index (χ1) is 9.98. The molecule has 0 radical (unpaired) electrons. The third-order valence-corrected chi connectivity index (χ3v) is 4.54. The molecular weight excluding hydrogens is 314 g/mol. The zero-order valence-electron chi connectivity index (χ0n) is 11.6. The number of methoxy groups -OCH3 is 1. The Balaban J connectivity index is 1.83. The molecule has 0 bridgehead atoms. The number of aryl methyl sites for hydroxylation is 1. The van der Waals surface area contributed by atoms with Crippen LogP contribution in [0.4, 0.5) is 5.13 Å². The molecule has 0 spiro atoms. The number of aromatic nitrogens is 2. The van der Waals surface area contributed by atoms with Crippen LogP contribution in [0.3, 0.4) is 0 Å². The van der Waals surface area contributed by atoms with Crippen LogP contribution in [-0.2, 0) is 10.0 Å². The van der Waals surface area contributed by atoms with Gasteiger partial charge in [-0.25, -0.2) is 8.42 Å². The number of nitrogens with zero attached hydrogens (tertiary/aromatic N) is 2. The maximum Gasteiger partial charge on any atom is 0.237 e. The smallest absolute Gasteiger partial charge is 0.237 e. The van der Waals surface area contributed by atoms with Gasteiger partial charge in [-0.1, -0.05) is 11.3 Å². The van der Waals surface area contributed by atoms with Crippen molar-refractivity contribution in [3.63, 3.8) is 0 Å². The molecule has 0 amide bonds. The Morgan fingerprint density at radius 1 is 1.19 bits per heavy atom. The molecule has 0 aliphatic heterocycles. The number of nitrogens with one attached hydrogen (secondary N) is 1. The number of rotatable bonds is 7. The van der Waals surface area contributed by atoms with Gasteiger partial charge in [-0.2, -0.15) is 0 Å². The average molecular weight is 329 g/mol. The van der Waals surface area contributed by atoms with Gasteiger partial charge in [-0.3, -0.25) is 4.72 Å². The Hall–Kier alpha value is -1.87. The van der Waals surface area contributed by atoms with E-state index >= 15 is 0 Å². The van der Waals surface area contributed by atoms with Crippen LogP contribution in [0.5, 0.6) is 11.5 Å². The molecular formula is C12H15N3O4S2. The van der Waals surface area contributed by atoms with Crippen LogP contribution >= 0.6 is 11.3 Å². The zero-order chi connectivity index (χ0) is 15.3. The lowest BCUT2D eigenvalue weighted by atomic mass is 10.3. The molecule has 21 heavy (non-hydrogen) atoms. The molecule has 7 nitrogen and oxygen atoms in total. The molecule has 0 unspecified atom stereocenters. The number of anilines is 1. The van der Waals surface area contributed by atoms with Crippen molar-refractivity contribution >= 4 is 26.5 Å². The summed E-state index contributed by atoms with van der Waals surface area (Å²) < 4.78 is 36.4. The molecule has 1 N–H and O–H groups in total. The van der Waals surface area contributed by atoms with E-state index in [1.54, 1.807) is 38.3 Å². The Morgan fingerprint density at radius 3 is 2.43 bits per heavy atom. The molecule has 1 aromatic carbocycles. The molecule has 0 aliphatic carbocycles. The maximum absolute atomic E-state index is 11.8. The van der Waals surface area contributed by atoms with Crippen molar-refractivity contribution in [3.05, 3.63) is 29.3 Å². The highest BCUT2D eigenvalue weighted by atomic mass is 32.2.